The number of hydrogen-bond donors (Lipinski definition) is 0. The van der Waals surface area contributed by atoms with Gasteiger partial charge in [-0.2, -0.15) is 0 Å². The normalized spacial score (nSPS) is 15.9. The molecule has 0 bridgehead atoms. The summed E-state index contributed by atoms with van der Waals surface area (Å²) in [6, 6.07) is 1.42. The zero-order valence-corrected chi connectivity index (χ0v) is 13.5. The lowest BCUT2D eigenvalue weighted by Crippen LogP contribution is -2.37. The zero-order valence-electron chi connectivity index (χ0n) is 11.9. The molecule has 1 fully saturated rings. The lowest BCUT2D eigenvalue weighted by Gasteiger charge is -2.26. The maximum absolute atomic E-state index is 10.9. The van der Waals surface area contributed by atoms with Crippen LogP contribution in [0.1, 0.15) is 12.1 Å². The minimum absolute atomic E-state index is 0.0798. The molecule has 1 aromatic heterocycles. The topological polar surface area (TPSA) is 77.7 Å². The van der Waals surface area contributed by atoms with Crippen molar-refractivity contribution in [3.63, 3.8) is 0 Å². The van der Waals surface area contributed by atoms with E-state index in [4.69, 9.17) is 9.47 Å². The third-order valence-electron chi connectivity index (χ3n) is 3.28. The molecule has 0 atom stereocenters. The van der Waals surface area contributed by atoms with E-state index >= 15 is 0 Å². The third-order valence-corrected chi connectivity index (χ3v) is 3.86. The summed E-state index contributed by atoms with van der Waals surface area (Å²) in [5, 5.41) is 10.9. The molecular formula is C13H18BrN3O4. The van der Waals surface area contributed by atoms with Crippen molar-refractivity contribution < 1.29 is 14.4 Å². The average Bonchev–Trinajstić information content (AvgIpc) is 2.46. The summed E-state index contributed by atoms with van der Waals surface area (Å²) in [7, 11) is 0. The molecule has 0 aromatic carbocycles. The first-order chi connectivity index (χ1) is 10.1. The molecule has 0 radical (unpaired) electrons. The predicted octanol–water partition coefficient (Wildman–Crippen LogP) is 2.16. The summed E-state index contributed by atoms with van der Waals surface area (Å²) in [4.78, 5) is 16.8. The quantitative estimate of drug-likeness (QED) is 0.335. The van der Waals surface area contributed by atoms with E-state index in [1.807, 2.05) is 0 Å². The standard InChI is InChI=1S/C13H18BrN3O4/c1-10-12(9-11(17(18)19)13(14)15-10)21-6-2-3-16-4-7-20-8-5-16/h9H,2-8H2,1H3. The monoisotopic (exact) mass is 359 g/mol. The largest absolute Gasteiger partial charge is 0.491 e. The number of aromatic nitrogens is 1. The van der Waals surface area contributed by atoms with Gasteiger partial charge in [-0.05, 0) is 29.3 Å². The fourth-order valence-electron chi connectivity index (χ4n) is 2.12. The third kappa shape index (κ3) is 4.62. The Morgan fingerprint density at radius 3 is 2.90 bits per heavy atom. The van der Waals surface area contributed by atoms with Gasteiger partial charge in [0.25, 0.3) is 0 Å². The number of hydrogen-bond acceptors (Lipinski definition) is 6. The van der Waals surface area contributed by atoms with Crippen molar-refractivity contribution in [1.29, 1.82) is 0 Å². The van der Waals surface area contributed by atoms with Gasteiger partial charge in [-0.3, -0.25) is 15.0 Å². The Morgan fingerprint density at radius 1 is 1.52 bits per heavy atom. The van der Waals surface area contributed by atoms with Crippen LogP contribution in [0.25, 0.3) is 0 Å². The van der Waals surface area contributed by atoms with E-state index in [1.54, 1.807) is 6.92 Å². The summed E-state index contributed by atoms with van der Waals surface area (Å²) in [5.74, 6) is 0.465. The summed E-state index contributed by atoms with van der Waals surface area (Å²) < 4.78 is 11.1. The van der Waals surface area contributed by atoms with E-state index in [-0.39, 0.29) is 10.3 Å². The van der Waals surface area contributed by atoms with Crippen LogP contribution < -0.4 is 4.74 Å². The van der Waals surface area contributed by atoms with Crippen molar-refractivity contribution in [2.45, 2.75) is 13.3 Å². The van der Waals surface area contributed by atoms with E-state index in [1.165, 1.54) is 6.07 Å². The first-order valence-electron chi connectivity index (χ1n) is 6.82. The maximum atomic E-state index is 10.9. The van der Waals surface area contributed by atoms with Crippen molar-refractivity contribution >= 4 is 21.6 Å². The minimum atomic E-state index is -0.475. The molecule has 0 N–H and O–H groups in total. The molecule has 7 nitrogen and oxygen atoms in total. The van der Waals surface area contributed by atoms with Crippen LogP contribution in [0, 0.1) is 17.0 Å². The molecule has 116 valence electrons. The molecule has 1 saturated heterocycles. The van der Waals surface area contributed by atoms with Crippen LogP contribution in [0.3, 0.4) is 0 Å². The van der Waals surface area contributed by atoms with Crippen LogP contribution in [0.15, 0.2) is 10.7 Å². The maximum Gasteiger partial charge on any atom is 0.305 e. The number of pyridine rings is 1. The van der Waals surface area contributed by atoms with Crippen LogP contribution in [-0.2, 0) is 4.74 Å². The van der Waals surface area contributed by atoms with Gasteiger partial charge in [0.2, 0.25) is 0 Å². The first kappa shape index (κ1) is 16.1. The smallest absolute Gasteiger partial charge is 0.305 e. The van der Waals surface area contributed by atoms with E-state index < -0.39 is 4.92 Å². The molecule has 0 aliphatic carbocycles. The van der Waals surface area contributed by atoms with Gasteiger partial charge in [0.1, 0.15) is 5.75 Å². The van der Waals surface area contributed by atoms with Crippen molar-refractivity contribution in [2.24, 2.45) is 0 Å². The molecule has 0 unspecified atom stereocenters. The van der Waals surface area contributed by atoms with Crippen molar-refractivity contribution in [1.82, 2.24) is 9.88 Å². The fourth-order valence-corrected chi connectivity index (χ4v) is 2.64. The Balaban J connectivity index is 1.85. The Kier molecular flexibility index (Phi) is 5.89. The number of morpholine rings is 1. The Labute approximate surface area is 131 Å². The highest BCUT2D eigenvalue weighted by Gasteiger charge is 2.17. The van der Waals surface area contributed by atoms with Crippen LogP contribution >= 0.6 is 15.9 Å². The molecule has 8 heteroatoms. The molecular weight excluding hydrogens is 342 g/mol. The van der Waals surface area contributed by atoms with Crippen LogP contribution in [0.2, 0.25) is 0 Å². The van der Waals surface area contributed by atoms with Gasteiger partial charge in [-0.25, -0.2) is 4.98 Å². The number of rotatable bonds is 6. The second kappa shape index (κ2) is 7.67. The van der Waals surface area contributed by atoms with E-state index in [0.717, 1.165) is 39.3 Å². The number of nitrogens with zero attached hydrogens (tertiary/aromatic N) is 3. The van der Waals surface area contributed by atoms with Gasteiger partial charge in [0.05, 0.1) is 36.5 Å². The molecule has 1 aliphatic heterocycles. The van der Waals surface area contributed by atoms with Gasteiger partial charge in [-0.1, -0.05) is 0 Å². The minimum Gasteiger partial charge on any atom is -0.491 e. The predicted molar refractivity (Wildman–Crippen MR) is 80.7 cm³/mol. The Bertz CT molecular complexity index is 506. The summed E-state index contributed by atoms with van der Waals surface area (Å²) >= 11 is 3.09. The zero-order chi connectivity index (χ0) is 15.2. The number of nitro groups is 1. The molecule has 21 heavy (non-hydrogen) atoms. The van der Waals surface area contributed by atoms with E-state index in [9.17, 15) is 10.1 Å². The lowest BCUT2D eigenvalue weighted by atomic mass is 10.3. The Hall–Kier alpha value is -1.25. The number of halogens is 1. The SMILES string of the molecule is Cc1nc(Br)c([N+](=O)[O-])cc1OCCCN1CCOCC1. The number of ether oxygens (including phenoxy) is 2. The molecule has 1 aromatic rings. The average molecular weight is 360 g/mol. The molecule has 0 spiro atoms. The fraction of sp³-hybridized carbons (Fsp3) is 0.615. The van der Waals surface area contributed by atoms with Gasteiger partial charge < -0.3 is 9.47 Å². The summed E-state index contributed by atoms with van der Waals surface area (Å²) in [6.45, 7) is 6.68. The van der Waals surface area contributed by atoms with Crippen molar-refractivity contribution in [3.05, 3.63) is 26.5 Å². The second-order valence-corrected chi connectivity index (χ2v) is 5.55. The van der Waals surface area contributed by atoms with E-state index in [0.29, 0.717) is 18.1 Å². The number of aryl methyl sites for hydroxylation is 1. The van der Waals surface area contributed by atoms with Gasteiger partial charge in [0, 0.05) is 19.6 Å². The van der Waals surface area contributed by atoms with Crippen LogP contribution in [0.4, 0.5) is 5.69 Å². The first-order valence-corrected chi connectivity index (χ1v) is 7.61. The molecule has 1 aliphatic rings. The second-order valence-electron chi connectivity index (χ2n) is 4.79. The Morgan fingerprint density at radius 2 is 2.24 bits per heavy atom. The van der Waals surface area contributed by atoms with Crippen molar-refractivity contribution in [3.8, 4) is 5.75 Å². The molecule has 2 rings (SSSR count). The van der Waals surface area contributed by atoms with Crippen molar-refractivity contribution in [2.75, 3.05) is 39.5 Å². The highest BCUT2D eigenvalue weighted by atomic mass is 79.9. The molecule has 0 saturated carbocycles. The van der Waals surface area contributed by atoms with E-state index in [2.05, 4.69) is 25.8 Å². The van der Waals surface area contributed by atoms with Crippen LogP contribution in [-0.4, -0.2) is 54.3 Å². The summed E-state index contributed by atoms with van der Waals surface area (Å²) in [5.41, 5.74) is 0.558. The van der Waals surface area contributed by atoms with Crippen LogP contribution in [0.5, 0.6) is 5.75 Å². The molecule has 0 amide bonds. The lowest BCUT2D eigenvalue weighted by molar-refractivity contribution is -0.386. The van der Waals surface area contributed by atoms with Gasteiger partial charge in [-0.15, -0.1) is 0 Å². The molecule has 2 heterocycles. The highest BCUT2D eigenvalue weighted by molar-refractivity contribution is 9.10. The van der Waals surface area contributed by atoms with Gasteiger partial charge >= 0.3 is 5.69 Å². The summed E-state index contributed by atoms with van der Waals surface area (Å²) in [6.07, 6.45) is 0.864. The van der Waals surface area contributed by atoms with Gasteiger partial charge in [0.15, 0.2) is 4.60 Å². The highest BCUT2D eigenvalue weighted by Crippen LogP contribution is 2.29.